The van der Waals surface area contributed by atoms with Crippen LogP contribution in [0.1, 0.15) is 12.8 Å². The molecule has 0 saturated carbocycles. The number of hydrogen-bond acceptors (Lipinski definition) is 5. The van der Waals surface area contributed by atoms with Crippen LogP contribution in [-0.2, 0) is 23.9 Å². The molecule has 0 radical (unpaired) electrons. The van der Waals surface area contributed by atoms with E-state index in [2.05, 4.69) is 4.74 Å². The fourth-order valence-corrected chi connectivity index (χ4v) is 0.487. The van der Waals surface area contributed by atoms with Gasteiger partial charge in [-0.05, 0) is 0 Å². The van der Waals surface area contributed by atoms with Crippen LogP contribution in [0.4, 0.5) is 0 Å². The van der Waals surface area contributed by atoms with Crippen LogP contribution in [-0.4, -0.2) is 29.3 Å². The number of ether oxygens (including phenoxy) is 1. The molecule has 0 aromatic carbocycles. The average molecular weight is 174 g/mol. The van der Waals surface area contributed by atoms with E-state index < -0.39 is 30.6 Å². The lowest BCUT2D eigenvalue weighted by Gasteiger charge is -1.93. The summed E-state index contributed by atoms with van der Waals surface area (Å²) in [6.07, 6.45) is -1.43. The number of carbonyl (C=O) groups excluding carboxylic acids is 3. The number of aliphatic carboxylic acids is 1. The van der Waals surface area contributed by atoms with Gasteiger partial charge in [0.2, 0.25) is 0 Å². The molecule has 0 heterocycles. The zero-order valence-electron chi connectivity index (χ0n) is 5.98. The van der Waals surface area contributed by atoms with Crippen LogP contribution in [0.15, 0.2) is 0 Å². The first kappa shape index (κ1) is 10.3. The lowest BCUT2D eigenvalue weighted by atomic mass is 10.2. The molecule has 0 aliphatic carbocycles. The molecule has 0 saturated heterocycles. The maximum Gasteiger partial charge on any atom is 0.320 e. The average Bonchev–Trinajstić information content (AvgIpc) is 1.84. The predicted octanol–water partition coefficient (Wildman–Crippen LogP) is -0.880. The number of carboxylic acid groups (broad SMARTS) is 1. The van der Waals surface area contributed by atoms with Gasteiger partial charge < -0.3 is 9.84 Å². The highest BCUT2D eigenvalue weighted by molar-refractivity contribution is 6.03. The number of Topliss-reactive ketones (excluding diaryl/α,β-unsaturated/α-hetero) is 1. The Labute approximate surface area is 67.1 Å². The molecule has 0 aromatic rings. The van der Waals surface area contributed by atoms with Crippen LogP contribution in [0.5, 0.6) is 0 Å². The number of rotatable bonds is 5. The van der Waals surface area contributed by atoms with Crippen LogP contribution in [0.3, 0.4) is 0 Å². The molecule has 0 bridgehead atoms. The first-order valence-corrected chi connectivity index (χ1v) is 2.93. The highest BCUT2D eigenvalue weighted by Crippen LogP contribution is 1.91. The van der Waals surface area contributed by atoms with Gasteiger partial charge in [-0.15, -0.1) is 0 Å². The van der Waals surface area contributed by atoms with Gasteiger partial charge in [0.15, 0.2) is 5.78 Å². The van der Waals surface area contributed by atoms with Gasteiger partial charge in [0.25, 0.3) is 0 Å². The quantitative estimate of drug-likeness (QED) is 0.330. The van der Waals surface area contributed by atoms with Crippen molar-refractivity contribution in [2.75, 3.05) is 0 Å². The molecule has 12 heavy (non-hydrogen) atoms. The summed E-state index contributed by atoms with van der Waals surface area (Å²) in [5.41, 5.74) is 0. The molecule has 0 atom stereocenters. The molecule has 0 spiro atoms. The predicted molar refractivity (Wildman–Crippen MR) is 34.0 cm³/mol. The van der Waals surface area contributed by atoms with Gasteiger partial charge in [-0.3, -0.25) is 19.2 Å². The first-order valence-electron chi connectivity index (χ1n) is 2.93. The van der Waals surface area contributed by atoms with Crippen LogP contribution in [0.25, 0.3) is 0 Å². The fourth-order valence-electron chi connectivity index (χ4n) is 0.487. The number of ketones is 1. The third-order valence-corrected chi connectivity index (χ3v) is 0.869. The van der Waals surface area contributed by atoms with E-state index in [1.165, 1.54) is 0 Å². The third kappa shape index (κ3) is 5.10. The molecule has 6 nitrogen and oxygen atoms in total. The van der Waals surface area contributed by atoms with Crippen molar-refractivity contribution >= 4 is 24.2 Å². The Kier molecular flexibility index (Phi) is 4.28. The summed E-state index contributed by atoms with van der Waals surface area (Å²) in [6, 6.07) is 0. The molecule has 1 N–H and O–H groups in total. The number of carboxylic acids is 1. The maximum atomic E-state index is 10.5. The van der Waals surface area contributed by atoms with Gasteiger partial charge in [0.05, 0.1) is 0 Å². The summed E-state index contributed by atoms with van der Waals surface area (Å²) in [4.78, 5) is 40.4. The molecule has 0 aliphatic heterocycles. The van der Waals surface area contributed by atoms with E-state index in [-0.39, 0.29) is 6.47 Å². The summed E-state index contributed by atoms with van der Waals surface area (Å²) in [7, 11) is 0. The van der Waals surface area contributed by atoms with Crippen molar-refractivity contribution in [3.05, 3.63) is 0 Å². The molecular weight excluding hydrogens is 168 g/mol. The van der Waals surface area contributed by atoms with Crippen molar-refractivity contribution in [2.45, 2.75) is 12.8 Å². The standard InChI is InChI=1S/C6H6O6/c7-3-12-6(11)2-4(8)1-5(9)10/h3H,1-2H2,(H,9,10). The molecule has 0 unspecified atom stereocenters. The topological polar surface area (TPSA) is 97.7 Å². The van der Waals surface area contributed by atoms with Gasteiger partial charge in [0.1, 0.15) is 12.8 Å². The fraction of sp³-hybridized carbons (Fsp3) is 0.333. The second kappa shape index (κ2) is 5.00. The van der Waals surface area contributed by atoms with Crippen molar-refractivity contribution in [3.8, 4) is 0 Å². The van der Waals surface area contributed by atoms with Gasteiger partial charge in [0, 0.05) is 0 Å². The summed E-state index contributed by atoms with van der Waals surface area (Å²) in [6.45, 7) is -0.115. The van der Waals surface area contributed by atoms with Crippen molar-refractivity contribution < 1.29 is 29.0 Å². The maximum absolute atomic E-state index is 10.5. The minimum atomic E-state index is -1.32. The van der Waals surface area contributed by atoms with Crippen LogP contribution in [0, 0.1) is 0 Å². The monoisotopic (exact) mass is 174 g/mol. The Hall–Kier alpha value is -1.72. The summed E-state index contributed by atoms with van der Waals surface area (Å²) < 4.78 is 3.76. The normalized spacial score (nSPS) is 8.67. The van der Waals surface area contributed by atoms with Crippen molar-refractivity contribution in [1.82, 2.24) is 0 Å². The molecule has 6 heteroatoms. The van der Waals surface area contributed by atoms with Crippen molar-refractivity contribution in [1.29, 1.82) is 0 Å². The van der Waals surface area contributed by atoms with E-state index in [1.807, 2.05) is 0 Å². The second-order valence-electron chi connectivity index (χ2n) is 1.87. The van der Waals surface area contributed by atoms with E-state index in [9.17, 15) is 19.2 Å². The van der Waals surface area contributed by atoms with E-state index >= 15 is 0 Å². The second-order valence-corrected chi connectivity index (χ2v) is 1.87. The van der Waals surface area contributed by atoms with Gasteiger partial charge in [-0.25, -0.2) is 0 Å². The lowest BCUT2D eigenvalue weighted by Crippen LogP contribution is -2.13. The highest BCUT2D eigenvalue weighted by atomic mass is 16.6. The van der Waals surface area contributed by atoms with E-state index in [4.69, 9.17) is 5.11 Å². The van der Waals surface area contributed by atoms with E-state index in [0.717, 1.165) is 0 Å². The van der Waals surface area contributed by atoms with Crippen LogP contribution >= 0.6 is 0 Å². The molecule has 66 valence electrons. The van der Waals surface area contributed by atoms with Crippen molar-refractivity contribution in [3.63, 3.8) is 0 Å². The Bertz CT molecular complexity index is 218. The highest BCUT2D eigenvalue weighted by Gasteiger charge is 2.13. The molecule has 0 aliphatic rings. The summed E-state index contributed by atoms with van der Waals surface area (Å²) in [5, 5.41) is 8.08. The Balaban J connectivity index is 3.76. The largest absolute Gasteiger partial charge is 0.481 e. The number of hydrogen-bond donors (Lipinski definition) is 1. The first-order chi connectivity index (χ1) is 5.56. The van der Waals surface area contributed by atoms with Crippen molar-refractivity contribution in [2.24, 2.45) is 0 Å². The Morgan fingerprint density at radius 3 is 2.25 bits per heavy atom. The zero-order chi connectivity index (χ0) is 9.56. The minimum absolute atomic E-state index is 0.115. The zero-order valence-corrected chi connectivity index (χ0v) is 5.98. The molecule has 0 rings (SSSR count). The summed E-state index contributed by atoms with van der Waals surface area (Å²) >= 11 is 0. The van der Waals surface area contributed by atoms with Gasteiger partial charge >= 0.3 is 18.4 Å². The Morgan fingerprint density at radius 2 is 1.83 bits per heavy atom. The molecule has 0 fully saturated rings. The third-order valence-electron chi connectivity index (χ3n) is 0.869. The van der Waals surface area contributed by atoms with Crippen LogP contribution < -0.4 is 0 Å². The molecule has 0 aromatic heterocycles. The number of carbonyl (C=O) groups is 4. The SMILES string of the molecule is O=COC(=O)CC(=O)CC(=O)O. The van der Waals surface area contributed by atoms with Crippen LogP contribution in [0.2, 0.25) is 0 Å². The molecule has 0 amide bonds. The van der Waals surface area contributed by atoms with Gasteiger partial charge in [-0.1, -0.05) is 0 Å². The number of esters is 1. The Morgan fingerprint density at radius 1 is 1.25 bits per heavy atom. The minimum Gasteiger partial charge on any atom is -0.481 e. The smallest absolute Gasteiger partial charge is 0.320 e. The van der Waals surface area contributed by atoms with E-state index in [0.29, 0.717) is 0 Å². The molecular formula is C6H6O6. The van der Waals surface area contributed by atoms with E-state index in [1.54, 1.807) is 0 Å². The lowest BCUT2D eigenvalue weighted by molar-refractivity contribution is -0.152. The summed E-state index contributed by atoms with van der Waals surface area (Å²) in [5.74, 6) is -3.16. The van der Waals surface area contributed by atoms with Gasteiger partial charge in [-0.2, -0.15) is 0 Å².